The number of benzene rings is 1. The third-order valence-electron chi connectivity index (χ3n) is 4.72. The van der Waals surface area contributed by atoms with Crippen molar-refractivity contribution >= 4 is 18.2 Å². The summed E-state index contributed by atoms with van der Waals surface area (Å²) in [5.41, 5.74) is 2.94. The summed E-state index contributed by atoms with van der Waals surface area (Å²) in [4.78, 5) is 1.05. The highest BCUT2D eigenvalue weighted by atomic mass is 32.1. The zero-order valence-corrected chi connectivity index (χ0v) is 14.4. The van der Waals surface area contributed by atoms with Crippen LogP contribution in [0, 0.1) is 5.92 Å². The van der Waals surface area contributed by atoms with Crippen LogP contribution < -0.4 is 0 Å². The average Bonchev–Trinajstić information content (AvgIpc) is 2.52. The topological polar surface area (TPSA) is 0 Å². The lowest BCUT2D eigenvalue weighted by molar-refractivity contribution is 0.423. The predicted molar refractivity (Wildman–Crippen MR) is 97.0 cm³/mol. The standard InChI is InChI=1S/C20H30S/c1-2-3-4-5-6-7-8-17-9-11-18(12-10-17)19-13-15-20(21)16-14-19/h11,13-17,21H,2-10,12H2,1H3. The van der Waals surface area contributed by atoms with Gasteiger partial charge in [-0.15, -0.1) is 12.6 Å². The minimum atomic E-state index is 0.934. The molecule has 2 rings (SSSR count). The molecule has 116 valence electrons. The predicted octanol–water partition coefficient (Wildman–Crippen LogP) is 6.91. The molecular weight excluding hydrogens is 272 g/mol. The Labute approximate surface area is 136 Å². The van der Waals surface area contributed by atoms with Crippen LogP contribution in [0.5, 0.6) is 0 Å². The molecule has 1 aliphatic carbocycles. The van der Waals surface area contributed by atoms with Gasteiger partial charge >= 0.3 is 0 Å². The van der Waals surface area contributed by atoms with Gasteiger partial charge < -0.3 is 0 Å². The molecule has 0 radical (unpaired) electrons. The number of allylic oxidation sites excluding steroid dienone is 2. The number of rotatable bonds is 8. The summed E-state index contributed by atoms with van der Waals surface area (Å²) in [5, 5.41) is 0. The Hall–Kier alpha value is -0.690. The molecule has 1 aliphatic rings. The second-order valence-electron chi connectivity index (χ2n) is 6.47. The molecule has 0 aromatic heterocycles. The van der Waals surface area contributed by atoms with Gasteiger partial charge in [0.1, 0.15) is 0 Å². The molecule has 0 fully saturated rings. The van der Waals surface area contributed by atoms with Gasteiger partial charge in [0.15, 0.2) is 0 Å². The lowest BCUT2D eigenvalue weighted by Crippen LogP contribution is -2.05. The summed E-state index contributed by atoms with van der Waals surface area (Å²) >= 11 is 4.36. The highest BCUT2D eigenvalue weighted by Gasteiger charge is 2.14. The maximum atomic E-state index is 4.36. The van der Waals surface area contributed by atoms with E-state index < -0.39 is 0 Å². The van der Waals surface area contributed by atoms with Gasteiger partial charge in [-0.1, -0.05) is 70.1 Å². The average molecular weight is 303 g/mol. The normalized spacial score (nSPS) is 18.6. The van der Waals surface area contributed by atoms with Crippen molar-refractivity contribution in [3.8, 4) is 0 Å². The van der Waals surface area contributed by atoms with Crippen molar-refractivity contribution in [1.82, 2.24) is 0 Å². The summed E-state index contributed by atoms with van der Waals surface area (Å²) in [6.07, 6.45) is 16.4. The summed E-state index contributed by atoms with van der Waals surface area (Å²) in [7, 11) is 0. The molecule has 21 heavy (non-hydrogen) atoms. The van der Waals surface area contributed by atoms with Gasteiger partial charge in [-0.25, -0.2) is 0 Å². The number of unbranched alkanes of at least 4 members (excludes halogenated alkanes) is 5. The second-order valence-corrected chi connectivity index (χ2v) is 6.99. The third-order valence-corrected chi connectivity index (χ3v) is 5.02. The summed E-state index contributed by atoms with van der Waals surface area (Å²) in [5.74, 6) is 0.934. The van der Waals surface area contributed by atoms with Crippen molar-refractivity contribution in [2.24, 2.45) is 5.92 Å². The van der Waals surface area contributed by atoms with Crippen LogP contribution in [-0.2, 0) is 0 Å². The molecule has 0 aliphatic heterocycles. The first-order chi connectivity index (χ1) is 10.3. The van der Waals surface area contributed by atoms with Crippen LogP contribution in [0.4, 0.5) is 0 Å². The molecule has 0 amide bonds. The van der Waals surface area contributed by atoms with E-state index in [9.17, 15) is 0 Å². The largest absolute Gasteiger partial charge is 0.143 e. The molecule has 1 unspecified atom stereocenters. The Bertz CT molecular complexity index is 430. The molecule has 0 N–H and O–H groups in total. The zero-order chi connectivity index (χ0) is 14.9. The van der Waals surface area contributed by atoms with E-state index in [4.69, 9.17) is 0 Å². The quantitative estimate of drug-likeness (QED) is 0.391. The van der Waals surface area contributed by atoms with E-state index in [0.717, 1.165) is 10.8 Å². The summed E-state index contributed by atoms with van der Waals surface area (Å²) < 4.78 is 0. The Morgan fingerprint density at radius 1 is 1.00 bits per heavy atom. The van der Waals surface area contributed by atoms with E-state index in [-0.39, 0.29) is 0 Å². The molecule has 0 bridgehead atoms. The zero-order valence-electron chi connectivity index (χ0n) is 13.5. The van der Waals surface area contributed by atoms with Gasteiger partial charge in [0.2, 0.25) is 0 Å². The van der Waals surface area contributed by atoms with E-state index in [2.05, 4.69) is 49.9 Å². The van der Waals surface area contributed by atoms with Crippen LogP contribution in [0.25, 0.3) is 5.57 Å². The monoisotopic (exact) mass is 302 g/mol. The molecule has 1 heteroatoms. The fourth-order valence-corrected chi connectivity index (χ4v) is 3.45. The summed E-state index contributed by atoms with van der Waals surface area (Å²) in [6, 6.07) is 8.62. The van der Waals surface area contributed by atoms with Gasteiger partial charge in [0.05, 0.1) is 0 Å². The highest BCUT2D eigenvalue weighted by Crippen LogP contribution is 2.33. The van der Waals surface area contributed by atoms with Gasteiger partial charge in [0, 0.05) is 4.90 Å². The molecule has 0 spiro atoms. The Morgan fingerprint density at radius 3 is 2.38 bits per heavy atom. The Kier molecular flexibility index (Phi) is 7.43. The highest BCUT2D eigenvalue weighted by molar-refractivity contribution is 7.80. The van der Waals surface area contributed by atoms with Crippen molar-refractivity contribution in [3.05, 3.63) is 35.9 Å². The van der Waals surface area contributed by atoms with Crippen molar-refractivity contribution in [1.29, 1.82) is 0 Å². The first kappa shape index (κ1) is 16.7. The molecule has 0 saturated heterocycles. The van der Waals surface area contributed by atoms with Crippen molar-refractivity contribution in [2.75, 3.05) is 0 Å². The van der Waals surface area contributed by atoms with Crippen molar-refractivity contribution in [3.63, 3.8) is 0 Å². The fraction of sp³-hybridized carbons (Fsp3) is 0.600. The molecule has 0 heterocycles. The Morgan fingerprint density at radius 2 is 1.71 bits per heavy atom. The van der Waals surface area contributed by atoms with Gasteiger partial charge in [-0.3, -0.25) is 0 Å². The van der Waals surface area contributed by atoms with Gasteiger partial charge in [0.25, 0.3) is 0 Å². The maximum Gasteiger partial charge on any atom is 0.00403 e. The Balaban J connectivity index is 1.68. The van der Waals surface area contributed by atoms with Crippen LogP contribution >= 0.6 is 12.6 Å². The van der Waals surface area contributed by atoms with E-state index >= 15 is 0 Å². The molecule has 1 aromatic rings. The molecule has 1 atom stereocenters. The van der Waals surface area contributed by atoms with Gasteiger partial charge in [-0.05, 0) is 48.4 Å². The third kappa shape index (κ3) is 5.90. The first-order valence-corrected chi connectivity index (χ1v) is 9.22. The molecule has 1 aromatic carbocycles. The van der Waals surface area contributed by atoms with E-state index in [1.54, 1.807) is 5.57 Å². The maximum absolute atomic E-state index is 4.36. The second kappa shape index (κ2) is 9.35. The van der Waals surface area contributed by atoms with Crippen LogP contribution in [0.15, 0.2) is 35.2 Å². The van der Waals surface area contributed by atoms with E-state index in [1.807, 2.05) is 0 Å². The summed E-state index contributed by atoms with van der Waals surface area (Å²) in [6.45, 7) is 2.29. The lowest BCUT2D eigenvalue weighted by Gasteiger charge is -2.22. The number of thiol groups is 1. The lowest BCUT2D eigenvalue weighted by atomic mass is 9.84. The molecular formula is C20H30S. The van der Waals surface area contributed by atoms with Crippen LogP contribution in [0.3, 0.4) is 0 Å². The van der Waals surface area contributed by atoms with Crippen LogP contribution in [0.1, 0.15) is 76.7 Å². The number of hydrogen-bond donors (Lipinski definition) is 1. The van der Waals surface area contributed by atoms with E-state index in [1.165, 1.54) is 69.8 Å². The molecule has 0 nitrogen and oxygen atoms in total. The smallest absolute Gasteiger partial charge is 0.00403 e. The van der Waals surface area contributed by atoms with Crippen molar-refractivity contribution < 1.29 is 0 Å². The number of hydrogen-bond acceptors (Lipinski definition) is 1. The van der Waals surface area contributed by atoms with Crippen molar-refractivity contribution in [2.45, 2.75) is 76.0 Å². The van der Waals surface area contributed by atoms with Crippen LogP contribution in [0.2, 0.25) is 0 Å². The SMILES string of the molecule is CCCCCCCCC1CC=C(c2ccc(S)cc2)CC1. The minimum Gasteiger partial charge on any atom is -0.143 e. The molecule has 0 saturated carbocycles. The minimum absolute atomic E-state index is 0.934. The van der Waals surface area contributed by atoms with E-state index in [0.29, 0.717) is 0 Å². The first-order valence-electron chi connectivity index (χ1n) is 8.78. The fourth-order valence-electron chi connectivity index (χ4n) is 3.30. The van der Waals surface area contributed by atoms with Crippen LogP contribution in [-0.4, -0.2) is 0 Å². The van der Waals surface area contributed by atoms with Gasteiger partial charge in [-0.2, -0.15) is 0 Å².